The third-order valence-corrected chi connectivity index (χ3v) is 3.22. The lowest BCUT2D eigenvalue weighted by molar-refractivity contribution is -0.0822. The highest BCUT2D eigenvalue weighted by Crippen LogP contribution is 2.17. The Bertz CT molecular complexity index is 534. The van der Waals surface area contributed by atoms with Crippen LogP contribution in [-0.2, 0) is 4.74 Å². The number of carbonyl (C=O) groups excluding carboxylic acids is 1. The van der Waals surface area contributed by atoms with Crippen LogP contribution in [0.15, 0.2) is 24.3 Å². The van der Waals surface area contributed by atoms with Crippen LogP contribution >= 0.6 is 0 Å². The van der Waals surface area contributed by atoms with Crippen molar-refractivity contribution in [3.05, 3.63) is 29.8 Å². The third kappa shape index (κ3) is 3.71. The van der Waals surface area contributed by atoms with Crippen LogP contribution < -0.4 is 5.32 Å². The Morgan fingerprint density at radius 3 is 2.76 bits per heavy atom. The molecule has 1 aromatic rings. The lowest BCUT2D eigenvalue weighted by Gasteiger charge is -2.36. The van der Waals surface area contributed by atoms with E-state index in [-0.39, 0.29) is 30.5 Å². The molecule has 2 atom stereocenters. The molecule has 1 heterocycles. The first-order valence-corrected chi connectivity index (χ1v) is 6.65. The molecule has 0 radical (unpaired) electrons. The summed E-state index contributed by atoms with van der Waals surface area (Å²) in [7, 11) is 0. The quantitative estimate of drug-likeness (QED) is 0.772. The first-order valence-electron chi connectivity index (χ1n) is 6.65. The number of ether oxygens (including phenoxy) is 1. The molecule has 1 fully saturated rings. The minimum Gasteiger partial charge on any atom is -0.478 e. The van der Waals surface area contributed by atoms with Gasteiger partial charge in [-0.25, -0.2) is 9.59 Å². The zero-order chi connectivity index (χ0) is 15.4. The number of aromatic carboxylic acids is 1. The van der Waals surface area contributed by atoms with Crippen molar-refractivity contribution in [3.8, 4) is 0 Å². The molecule has 1 aliphatic rings. The highest BCUT2D eigenvalue weighted by molar-refractivity contribution is 6.00. The standard InChI is InChI=1S/C14H18N2O5/c1-9-6-16(7-10(8-17)21-9)14(20)15-12-5-3-2-4-11(12)13(18)19/h2-5,9-10,17H,6-8H2,1H3,(H,15,20)(H,18,19). The Labute approximate surface area is 122 Å². The molecule has 2 rings (SSSR count). The minimum atomic E-state index is -1.10. The predicted molar refractivity (Wildman–Crippen MR) is 75.4 cm³/mol. The van der Waals surface area contributed by atoms with Crippen LogP contribution in [0.5, 0.6) is 0 Å². The second kappa shape index (κ2) is 6.55. The molecule has 1 aliphatic heterocycles. The van der Waals surface area contributed by atoms with Gasteiger partial charge in [0.25, 0.3) is 0 Å². The summed E-state index contributed by atoms with van der Waals surface area (Å²) in [5.74, 6) is -1.10. The molecule has 1 aromatic carbocycles. The largest absolute Gasteiger partial charge is 0.478 e. The van der Waals surface area contributed by atoms with Crippen molar-refractivity contribution < 1.29 is 24.5 Å². The molecule has 0 bridgehead atoms. The van der Waals surface area contributed by atoms with Gasteiger partial charge in [0.2, 0.25) is 0 Å². The lowest BCUT2D eigenvalue weighted by atomic mass is 10.2. The summed E-state index contributed by atoms with van der Waals surface area (Å²) >= 11 is 0. The van der Waals surface area contributed by atoms with Gasteiger partial charge < -0.3 is 25.2 Å². The number of urea groups is 1. The second-order valence-electron chi connectivity index (χ2n) is 4.94. The monoisotopic (exact) mass is 294 g/mol. The van der Waals surface area contributed by atoms with Gasteiger partial charge in [0.1, 0.15) is 0 Å². The number of carbonyl (C=O) groups is 2. The van der Waals surface area contributed by atoms with Gasteiger partial charge in [0.05, 0.1) is 36.6 Å². The summed E-state index contributed by atoms with van der Waals surface area (Å²) in [5.41, 5.74) is 0.278. The van der Waals surface area contributed by atoms with Gasteiger partial charge >= 0.3 is 12.0 Å². The molecular weight excluding hydrogens is 276 g/mol. The van der Waals surface area contributed by atoms with Crippen molar-refractivity contribution in [2.24, 2.45) is 0 Å². The number of rotatable bonds is 3. The maximum Gasteiger partial charge on any atom is 0.337 e. The number of hydrogen-bond donors (Lipinski definition) is 3. The van der Waals surface area contributed by atoms with E-state index >= 15 is 0 Å². The Kier molecular flexibility index (Phi) is 4.77. The molecule has 114 valence electrons. The van der Waals surface area contributed by atoms with Gasteiger partial charge in [-0.15, -0.1) is 0 Å². The number of aliphatic hydroxyl groups is 1. The highest BCUT2D eigenvalue weighted by atomic mass is 16.5. The van der Waals surface area contributed by atoms with Crippen LogP contribution in [0.25, 0.3) is 0 Å². The van der Waals surface area contributed by atoms with Crippen molar-refractivity contribution in [2.45, 2.75) is 19.1 Å². The van der Waals surface area contributed by atoms with Crippen molar-refractivity contribution in [2.75, 3.05) is 25.0 Å². The Balaban J connectivity index is 2.09. The molecular formula is C14H18N2O5. The number of anilines is 1. The van der Waals surface area contributed by atoms with Gasteiger partial charge in [-0.3, -0.25) is 0 Å². The van der Waals surface area contributed by atoms with Gasteiger partial charge in [0.15, 0.2) is 0 Å². The van der Waals surface area contributed by atoms with Crippen molar-refractivity contribution in [1.29, 1.82) is 0 Å². The number of carboxylic acid groups (broad SMARTS) is 1. The average Bonchev–Trinajstić information content (AvgIpc) is 2.46. The van der Waals surface area contributed by atoms with Gasteiger partial charge in [-0.05, 0) is 19.1 Å². The number of carboxylic acids is 1. The molecule has 7 nitrogen and oxygen atoms in total. The van der Waals surface area contributed by atoms with E-state index in [0.29, 0.717) is 6.54 Å². The van der Waals surface area contributed by atoms with E-state index in [2.05, 4.69) is 5.32 Å². The second-order valence-corrected chi connectivity index (χ2v) is 4.94. The zero-order valence-corrected chi connectivity index (χ0v) is 11.7. The van der Waals surface area contributed by atoms with Gasteiger partial charge in [-0.1, -0.05) is 12.1 Å². The van der Waals surface area contributed by atoms with E-state index in [4.69, 9.17) is 14.9 Å². The summed E-state index contributed by atoms with van der Waals surface area (Å²) in [5, 5.41) is 20.8. The molecule has 0 aromatic heterocycles. The fourth-order valence-corrected chi connectivity index (χ4v) is 2.28. The molecule has 0 spiro atoms. The predicted octanol–water partition coefficient (Wildman–Crippen LogP) is 0.998. The number of nitrogens with one attached hydrogen (secondary N) is 1. The Morgan fingerprint density at radius 2 is 2.10 bits per heavy atom. The molecule has 7 heteroatoms. The van der Waals surface area contributed by atoms with E-state index in [1.165, 1.54) is 17.0 Å². The van der Waals surface area contributed by atoms with Crippen LogP contribution in [0.1, 0.15) is 17.3 Å². The van der Waals surface area contributed by atoms with Crippen LogP contribution in [0.4, 0.5) is 10.5 Å². The van der Waals surface area contributed by atoms with Gasteiger partial charge in [-0.2, -0.15) is 0 Å². The Morgan fingerprint density at radius 1 is 1.38 bits per heavy atom. The summed E-state index contributed by atoms with van der Waals surface area (Å²) in [6.45, 7) is 2.30. The van der Waals surface area contributed by atoms with Crippen LogP contribution in [-0.4, -0.2) is 59.0 Å². The SMILES string of the molecule is CC1CN(C(=O)Nc2ccccc2C(=O)O)CC(CO)O1. The fourth-order valence-electron chi connectivity index (χ4n) is 2.28. The topological polar surface area (TPSA) is 99.1 Å². The maximum atomic E-state index is 12.2. The molecule has 21 heavy (non-hydrogen) atoms. The number of para-hydroxylation sites is 1. The maximum absolute atomic E-state index is 12.2. The summed E-state index contributed by atoms with van der Waals surface area (Å²) in [4.78, 5) is 24.9. The Hall–Kier alpha value is -2.12. The molecule has 0 saturated carbocycles. The molecule has 0 aliphatic carbocycles. The summed E-state index contributed by atoms with van der Waals surface area (Å²) in [6, 6.07) is 5.81. The van der Waals surface area contributed by atoms with Crippen molar-refractivity contribution in [1.82, 2.24) is 4.90 Å². The number of morpholine rings is 1. The van der Waals surface area contributed by atoms with E-state index in [1.807, 2.05) is 6.92 Å². The normalized spacial score (nSPS) is 21.9. The smallest absolute Gasteiger partial charge is 0.337 e. The number of aliphatic hydroxyl groups excluding tert-OH is 1. The molecule has 3 N–H and O–H groups in total. The van der Waals surface area contributed by atoms with Crippen LogP contribution in [0.2, 0.25) is 0 Å². The van der Waals surface area contributed by atoms with Gasteiger partial charge in [0, 0.05) is 6.54 Å². The molecule has 2 unspecified atom stereocenters. The molecule has 1 saturated heterocycles. The first-order chi connectivity index (χ1) is 10.0. The first kappa shape index (κ1) is 15.3. The van der Waals surface area contributed by atoms with E-state index in [1.54, 1.807) is 12.1 Å². The fraction of sp³-hybridized carbons (Fsp3) is 0.429. The number of nitrogens with zero attached hydrogens (tertiary/aromatic N) is 1. The van der Waals surface area contributed by atoms with E-state index < -0.39 is 18.1 Å². The van der Waals surface area contributed by atoms with Crippen LogP contribution in [0.3, 0.4) is 0 Å². The van der Waals surface area contributed by atoms with Crippen LogP contribution in [0, 0.1) is 0 Å². The van der Waals surface area contributed by atoms with Crippen molar-refractivity contribution in [3.63, 3.8) is 0 Å². The molecule has 2 amide bonds. The van der Waals surface area contributed by atoms with E-state index in [0.717, 1.165) is 0 Å². The summed E-state index contributed by atoms with van der Waals surface area (Å²) in [6.07, 6.45) is -0.606. The number of amides is 2. The van der Waals surface area contributed by atoms with E-state index in [9.17, 15) is 9.59 Å². The number of hydrogen-bond acceptors (Lipinski definition) is 4. The lowest BCUT2D eigenvalue weighted by Crippen LogP contribution is -2.51. The highest BCUT2D eigenvalue weighted by Gasteiger charge is 2.28. The average molecular weight is 294 g/mol. The van der Waals surface area contributed by atoms with Crippen molar-refractivity contribution >= 4 is 17.7 Å². The third-order valence-electron chi connectivity index (χ3n) is 3.22. The minimum absolute atomic E-state index is 0.0332. The zero-order valence-electron chi connectivity index (χ0n) is 11.7. The summed E-state index contributed by atoms with van der Waals surface area (Å²) < 4.78 is 5.46. The number of benzene rings is 1.